The summed E-state index contributed by atoms with van der Waals surface area (Å²) >= 11 is 0. The third-order valence-electron chi connectivity index (χ3n) is 0.542. The number of nitrogens with one attached hydrogen (secondary N) is 1. The molecule has 0 radical (unpaired) electrons. The zero-order chi connectivity index (χ0) is 7.82. The SMILES string of the molecule is CCNOC(=O)C#CC=O. The van der Waals surface area contributed by atoms with Crippen LogP contribution in [0.25, 0.3) is 0 Å². The van der Waals surface area contributed by atoms with Crippen molar-refractivity contribution in [3.63, 3.8) is 0 Å². The van der Waals surface area contributed by atoms with Gasteiger partial charge in [0.15, 0.2) is 6.29 Å². The normalized spacial score (nSPS) is 7.30. The van der Waals surface area contributed by atoms with Gasteiger partial charge in [-0.25, -0.2) is 4.79 Å². The molecule has 0 aromatic rings. The van der Waals surface area contributed by atoms with Crippen molar-refractivity contribution in [2.24, 2.45) is 0 Å². The summed E-state index contributed by atoms with van der Waals surface area (Å²) in [4.78, 5) is 24.2. The fourth-order valence-electron chi connectivity index (χ4n) is 0.252. The topological polar surface area (TPSA) is 55.4 Å². The van der Waals surface area contributed by atoms with Crippen LogP contribution in [0, 0.1) is 11.8 Å². The van der Waals surface area contributed by atoms with Crippen LogP contribution in [-0.4, -0.2) is 18.8 Å². The van der Waals surface area contributed by atoms with E-state index < -0.39 is 5.97 Å². The van der Waals surface area contributed by atoms with Crippen molar-refractivity contribution >= 4 is 12.3 Å². The van der Waals surface area contributed by atoms with Gasteiger partial charge in [-0.1, -0.05) is 0 Å². The molecule has 0 bridgehead atoms. The van der Waals surface area contributed by atoms with Gasteiger partial charge in [0.05, 0.1) is 0 Å². The van der Waals surface area contributed by atoms with Crippen LogP contribution in [0.15, 0.2) is 0 Å². The molecule has 0 atom stereocenters. The van der Waals surface area contributed by atoms with Crippen molar-refractivity contribution in [3.05, 3.63) is 0 Å². The second-order valence-corrected chi connectivity index (χ2v) is 1.27. The lowest BCUT2D eigenvalue weighted by molar-refractivity contribution is -0.143. The molecule has 0 heterocycles. The highest BCUT2D eigenvalue weighted by Gasteiger charge is 1.91. The van der Waals surface area contributed by atoms with Crippen LogP contribution >= 0.6 is 0 Å². The number of hydrogen-bond donors (Lipinski definition) is 1. The second kappa shape index (κ2) is 5.79. The molecule has 0 unspecified atom stereocenters. The highest BCUT2D eigenvalue weighted by molar-refractivity contribution is 5.93. The Hall–Kier alpha value is -1.34. The van der Waals surface area contributed by atoms with Crippen molar-refractivity contribution < 1.29 is 14.4 Å². The molecule has 0 aliphatic heterocycles. The highest BCUT2D eigenvalue weighted by atomic mass is 16.7. The second-order valence-electron chi connectivity index (χ2n) is 1.27. The van der Waals surface area contributed by atoms with Gasteiger partial charge >= 0.3 is 5.97 Å². The Morgan fingerprint density at radius 1 is 1.80 bits per heavy atom. The average Bonchev–Trinajstić information content (AvgIpc) is 1.97. The maximum Gasteiger partial charge on any atom is 0.403 e. The van der Waals surface area contributed by atoms with E-state index in [-0.39, 0.29) is 0 Å². The number of carbonyl (C=O) groups is 2. The van der Waals surface area contributed by atoms with E-state index in [9.17, 15) is 9.59 Å². The van der Waals surface area contributed by atoms with Gasteiger partial charge in [0, 0.05) is 12.5 Å². The molecular weight excluding hydrogens is 134 g/mol. The van der Waals surface area contributed by atoms with Gasteiger partial charge in [-0.15, -0.1) is 0 Å². The zero-order valence-electron chi connectivity index (χ0n) is 5.51. The van der Waals surface area contributed by atoms with Crippen molar-refractivity contribution in [1.29, 1.82) is 0 Å². The molecule has 0 saturated carbocycles. The molecular formula is C6H7NO3. The molecule has 0 rings (SSSR count). The Kier molecular flexibility index (Phi) is 5.01. The molecule has 0 amide bonds. The van der Waals surface area contributed by atoms with Crippen LogP contribution in [-0.2, 0) is 14.4 Å². The molecule has 10 heavy (non-hydrogen) atoms. The average molecular weight is 141 g/mol. The predicted molar refractivity (Wildman–Crippen MR) is 33.6 cm³/mol. The Morgan fingerprint density at radius 2 is 2.50 bits per heavy atom. The van der Waals surface area contributed by atoms with Gasteiger partial charge in [0.1, 0.15) is 0 Å². The van der Waals surface area contributed by atoms with E-state index in [2.05, 4.69) is 10.3 Å². The van der Waals surface area contributed by atoms with Gasteiger partial charge in [0.25, 0.3) is 0 Å². The van der Waals surface area contributed by atoms with Crippen LogP contribution in [0.2, 0.25) is 0 Å². The van der Waals surface area contributed by atoms with Gasteiger partial charge in [-0.05, 0) is 12.8 Å². The molecule has 0 aliphatic rings. The van der Waals surface area contributed by atoms with E-state index in [0.29, 0.717) is 12.8 Å². The number of hydrogen-bond acceptors (Lipinski definition) is 4. The van der Waals surface area contributed by atoms with Gasteiger partial charge < -0.3 is 4.84 Å². The third-order valence-corrected chi connectivity index (χ3v) is 0.542. The first-order chi connectivity index (χ1) is 4.81. The molecule has 4 nitrogen and oxygen atoms in total. The van der Waals surface area contributed by atoms with E-state index in [0.717, 1.165) is 0 Å². The minimum Gasteiger partial charge on any atom is -0.361 e. The number of rotatable bonds is 2. The summed E-state index contributed by atoms with van der Waals surface area (Å²) < 4.78 is 0. The van der Waals surface area contributed by atoms with Crippen LogP contribution in [0.4, 0.5) is 0 Å². The summed E-state index contributed by atoms with van der Waals surface area (Å²) in [5.74, 6) is 3.08. The minimum atomic E-state index is -0.756. The smallest absolute Gasteiger partial charge is 0.361 e. The van der Waals surface area contributed by atoms with E-state index in [4.69, 9.17) is 0 Å². The summed E-state index contributed by atoms with van der Waals surface area (Å²) in [5, 5.41) is 0. The van der Waals surface area contributed by atoms with Gasteiger partial charge in [-0.3, -0.25) is 4.79 Å². The zero-order valence-corrected chi connectivity index (χ0v) is 5.51. The number of carbonyl (C=O) groups excluding carboxylic acids is 2. The fourth-order valence-corrected chi connectivity index (χ4v) is 0.252. The number of aldehydes is 1. The first-order valence-electron chi connectivity index (χ1n) is 2.70. The van der Waals surface area contributed by atoms with Crippen LogP contribution in [0.1, 0.15) is 6.92 Å². The van der Waals surface area contributed by atoms with Crippen LogP contribution < -0.4 is 5.48 Å². The van der Waals surface area contributed by atoms with Crippen molar-refractivity contribution in [2.45, 2.75) is 6.92 Å². The van der Waals surface area contributed by atoms with Crippen LogP contribution in [0.5, 0.6) is 0 Å². The van der Waals surface area contributed by atoms with E-state index >= 15 is 0 Å². The Morgan fingerprint density at radius 3 is 3.00 bits per heavy atom. The maximum atomic E-state index is 10.3. The molecule has 1 N–H and O–H groups in total. The van der Waals surface area contributed by atoms with Crippen molar-refractivity contribution in [3.8, 4) is 11.8 Å². The van der Waals surface area contributed by atoms with E-state index in [1.54, 1.807) is 6.92 Å². The fraction of sp³-hybridized carbons (Fsp3) is 0.333. The molecule has 4 heteroatoms. The Balaban J connectivity index is 3.53. The van der Waals surface area contributed by atoms with E-state index in [1.165, 1.54) is 0 Å². The largest absolute Gasteiger partial charge is 0.403 e. The molecule has 0 aromatic heterocycles. The van der Waals surface area contributed by atoms with Gasteiger partial charge in [0.2, 0.25) is 0 Å². The summed E-state index contributed by atoms with van der Waals surface area (Å²) in [7, 11) is 0. The molecule has 0 saturated heterocycles. The summed E-state index contributed by atoms with van der Waals surface area (Å²) in [6, 6.07) is 0. The minimum absolute atomic E-state index is 0.327. The lowest BCUT2D eigenvalue weighted by Gasteiger charge is -1.94. The summed E-state index contributed by atoms with van der Waals surface area (Å²) in [5.41, 5.74) is 2.29. The highest BCUT2D eigenvalue weighted by Crippen LogP contribution is 1.67. The molecule has 0 aromatic carbocycles. The first kappa shape index (κ1) is 8.66. The molecule has 54 valence electrons. The molecule has 0 fully saturated rings. The van der Waals surface area contributed by atoms with Gasteiger partial charge in [-0.2, -0.15) is 5.48 Å². The van der Waals surface area contributed by atoms with Crippen LogP contribution in [0.3, 0.4) is 0 Å². The Bertz CT molecular complexity index is 177. The van der Waals surface area contributed by atoms with E-state index in [1.807, 2.05) is 11.8 Å². The lowest BCUT2D eigenvalue weighted by Crippen LogP contribution is -2.17. The summed E-state index contributed by atoms with van der Waals surface area (Å²) in [6.07, 6.45) is 0.327. The Labute approximate surface area is 58.5 Å². The third kappa shape index (κ3) is 4.81. The quantitative estimate of drug-likeness (QED) is 0.312. The predicted octanol–water partition coefficient (Wildman–Crippen LogP) is -0.744. The maximum absolute atomic E-state index is 10.3. The molecule has 0 spiro atoms. The monoisotopic (exact) mass is 141 g/mol. The summed E-state index contributed by atoms with van der Waals surface area (Å²) in [6.45, 7) is 2.27. The number of hydroxylamine groups is 1. The van der Waals surface area contributed by atoms with Crippen molar-refractivity contribution in [2.75, 3.05) is 6.54 Å². The van der Waals surface area contributed by atoms with Crippen molar-refractivity contribution in [1.82, 2.24) is 5.48 Å². The lowest BCUT2D eigenvalue weighted by atomic mass is 10.6. The first-order valence-corrected chi connectivity index (χ1v) is 2.70. The standard InChI is InChI=1S/C6H7NO3/c1-2-7-10-6(9)4-3-5-8/h5,7H,2H2,1H3. The molecule has 0 aliphatic carbocycles.